The van der Waals surface area contributed by atoms with Gasteiger partial charge in [0.2, 0.25) is 0 Å². The summed E-state index contributed by atoms with van der Waals surface area (Å²) in [6, 6.07) is 0. The van der Waals surface area contributed by atoms with E-state index in [0.29, 0.717) is 16.8 Å². The van der Waals surface area contributed by atoms with Crippen LogP contribution in [0.3, 0.4) is 0 Å². The highest BCUT2D eigenvalue weighted by Crippen LogP contribution is 2.24. The fourth-order valence-corrected chi connectivity index (χ4v) is 1.35. The van der Waals surface area contributed by atoms with Gasteiger partial charge in [-0.2, -0.15) is 0 Å². The minimum absolute atomic E-state index is 0.373. The number of halogens is 1. The lowest BCUT2D eigenvalue weighted by Crippen LogP contribution is -2.02. The van der Waals surface area contributed by atoms with Crippen LogP contribution < -0.4 is 0 Å². The summed E-state index contributed by atoms with van der Waals surface area (Å²) in [7, 11) is 1.35. The van der Waals surface area contributed by atoms with E-state index in [-0.39, 0.29) is 5.97 Å². The molecule has 1 saturated heterocycles. The average Bonchev–Trinajstić information content (AvgIpc) is 2.53. The van der Waals surface area contributed by atoms with Crippen LogP contribution in [-0.2, 0) is 14.3 Å². The van der Waals surface area contributed by atoms with E-state index in [2.05, 4.69) is 20.7 Å². The number of methoxy groups -OCH3 is 1. The number of carbonyl (C=O) groups is 1. The van der Waals surface area contributed by atoms with E-state index in [0.717, 1.165) is 12.8 Å². The summed E-state index contributed by atoms with van der Waals surface area (Å²) in [5.74, 6) is 0.332. The zero-order valence-corrected chi connectivity index (χ0v) is 7.81. The van der Waals surface area contributed by atoms with Gasteiger partial charge in [-0.1, -0.05) is 0 Å². The van der Waals surface area contributed by atoms with Crippen molar-refractivity contribution in [2.45, 2.75) is 12.8 Å². The normalized spacial score (nSPS) is 20.9. The Balaban J connectivity index is 2.69. The van der Waals surface area contributed by atoms with E-state index in [1.54, 1.807) is 0 Å². The van der Waals surface area contributed by atoms with Crippen LogP contribution >= 0.6 is 15.9 Å². The quantitative estimate of drug-likeness (QED) is 0.498. The lowest BCUT2D eigenvalue weighted by Gasteiger charge is -2.01. The van der Waals surface area contributed by atoms with Crippen molar-refractivity contribution in [2.75, 3.05) is 13.7 Å². The Morgan fingerprint density at radius 2 is 2.45 bits per heavy atom. The highest BCUT2D eigenvalue weighted by Gasteiger charge is 2.17. The molecule has 0 radical (unpaired) electrons. The van der Waals surface area contributed by atoms with Crippen LogP contribution in [0.2, 0.25) is 0 Å². The highest BCUT2D eigenvalue weighted by atomic mass is 79.9. The van der Waals surface area contributed by atoms with Crippen molar-refractivity contribution >= 4 is 21.9 Å². The van der Waals surface area contributed by atoms with Gasteiger partial charge < -0.3 is 9.47 Å². The third kappa shape index (κ3) is 1.96. The maximum Gasteiger partial charge on any atom is 0.348 e. The molecule has 0 aromatic carbocycles. The van der Waals surface area contributed by atoms with Crippen LogP contribution in [-0.4, -0.2) is 19.7 Å². The number of hydrogen-bond donors (Lipinski definition) is 0. The van der Waals surface area contributed by atoms with Gasteiger partial charge in [-0.3, -0.25) is 0 Å². The summed E-state index contributed by atoms with van der Waals surface area (Å²) in [4.78, 5) is 10.9. The molecule has 0 amide bonds. The molecule has 3 nitrogen and oxygen atoms in total. The zero-order chi connectivity index (χ0) is 8.27. The molecule has 0 spiro atoms. The summed E-state index contributed by atoms with van der Waals surface area (Å²) in [5.41, 5.74) is 0. The number of ether oxygens (including phenoxy) is 2. The monoisotopic (exact) mass is 220 g/mol. The molecule has 1 aliphatic rings. The topological polar surface area (TPSA) is 35.5 Å². The van der Waals surface area contributed by atoms with Gasteiger partial charge in [0.25, 0.3) is 0 Å². The lowest BCUT2D eigenvalue weighted by molar-refractivity contribution is -0.135. The summed E-state index contributed by atoms with van der Waals surface area (Å²) in [6.07, 6.45) is 1.79. The van der Waals surface area contributed by atoms with Gasteiger partial charge in [-0.25, -0.2) is 4.79 Å². The first-order valence-electron chi connectivity index (χ1n) is 3.35. The molecule has 0 aromatic heterocycles. The van der Waals surface area contributed by atoms with Crippen LogP contribution in [0.5, 0.6) is 0 Å². The van der Waals surface area contributed by atoms with Crippen LogP contribution in [0.15, 0.2) is 10.2 Å². The van der Waals surface area contributed by atoms with Gasteiger partial charge in [-0.05, 0) is 22.4 Å². The minimum atomic E-state index is -0.373. The molecular formula is C7H9BrO3. The molecule has 1 aliphatic heterocycles. The van der Waals surface area contributed by atoms with E-state index in [1.807, 2.05) is 0 Å². The second-order valence-corrected chi connectivity index (χ2v) is 2.97. The van der Waals surface area contributed by atoms with E-state index in [9.17, 15) is 4.79 Å². The average molecular weight is 221 g/mol. The number of rotatable bonds is 1. The molecule has 11 heavy (non-hydrogen) atoms. The van der Waals surface area contributed by atoms with E-state index >= 15 is 0 Å². The van der Waals surface area contributed by atoms with Crippen molar-refractivity contribution < 1.29 is 14.3 Å². The first kappa shape index (κ1) is 8.59. The first-order chi connectivity index (χ1) is 5.25. The van der Waals surface area contributed by atoms with Crippen molar-refractivity contribution in [3.05, 3.63) is 10.2 Å². The number of hydrogen-bond acceptors (Lipinski definition) is 3. The van der Waals surface area contributed by atoms with Gasteiger partial charge in [-0.15, -0.1) is 0 Å². The van der Waals surface area contributed by atoms with E-state index in [4.69, 9.17) is 4.74 Å². The van der Waals surface area contributed by atoms with Crippen molar-refractivity contribution in [1.82, 2.24) is 0 Å². The second-order valence-electron chi connectivity index (χ2n) is 2.18. The third-order valence-electron chi connectivity index (χ3n) is 1.43. The molecule has 0 atom stereocenters. The van der Waals surface area contributed by atoms with Crippen molar-refractivity contribution in [3.8, 4) is 0 Å². The molecule has 1 fully saturated rings. The minimum Gasteiger partial charge on any atom is -0.496 e. The van der Waals surface area contributed by atoms with Crippen LogP contribution in [0.4, 0.5) is 0 Å². The molecule has 0 saturated carbocycles. The largest absolute Gasteiger partial charge is 0.496 e. The smallest absolute Gasteiger partial charge is 0.348 e. The summed E-state index contributed by atoms with van der Waals surface area (Å²) >= 11 is 3.11. The maximum absolute atomic E-state index is 10.9. The Labute approximate surface area is 73.5 Å². The van der Waals surface area contributed by atoms with Gasteiger partial charge >= 0.3 is 5.97 Å². The molecule has 0 aromatic rings. The standard InChI is InChI=1S/C7H9BrO3/c1-10-7(9)6(8)5-3-2-4-11-5/h2-4H2,1H3/b6-5-. The Kier molecular flexibility index (Phi) is 2.93. The van der Waals surface area contributed by atoms with Crippen molar-refractivity contribution in [1.29, 1.82) is 0 Å². The van der Waals surface area contributed by atoms with Gasteiger partial charge in [0.15, 0.2) is 0 Å². The van der Waals surface area contributed by atoms with E-state index < -0.39 is 0 Å². The summed E-state index contributed by atoms with van der Waals surface area (Å²) in [5, 5.41) is 0. The summed E-state index contributed by atoms with van der Waals surface area (Å²) in [6.45, 7) is 0.696. The third-order valence-corrected chi connectivity index (χ3v) is 2.20. The first-order valence-corrected chi connectivity index (χ1v) is 4.14. The molecule has 0 aliphatic carbocycles. The van der Waals surface area contributed by atoms with Crippen molar-refractivity contribution in [2.24, 2.45) is 0 Å². The molecule has 1 rings (SSSR count). The highest BCUT2D eigenvalue weighted by molar-refractivity contribution is 9.12. The molecule has 0 unspecified atom stereocenters. The Bertz CT molecular complexity index is 190. The Morgan fingerprint density at radius 1 is 1.73 bits per heavy atom. The molecule has 62 valence electrons. The second kappa shape index (κ2) is 3.76. The van der Waals surface area contributed by atoms with E-state index in [1.165, 1.54) is 7.11 Å². The fraction of sp³-hybridized carbons (Fsp3) is 0.571. The van der Waals surface area contributed by atoms with Crippen LogP contribution in [0.1, 0.15) is 12.8 Å². The number of carbonyl (C=O) groups excluding carboxylic acids is 1. The molecule has 4 heteroatoms. The van der Waals surface area contributed by atoms with Gasteiger partial charge in [0.05, 0.1) is 13.7 Å². The van der Waals surface area contributed by atoms with Crippen LogP contribution in [0, 0.1) is 0 Å². The predicted octanol–water partition coefficient (Wildman–Crippen LogP) is 1.58. The molecule has 0 bridgehead atoms. The zero-order valence-electron chi connectivity index (χ0n) is 6.22. The fourth-order valence-electron chi connectivity index (χ4n) is 0.877. The van der Waals surface area contributed by atoms with Crippen molar-refractivity contribution in [3.63, 3.8) is 0 Å². The van der Waals surface area contributed by atoms with Crippen LogP contribution in [0.25, 0.3) is 0 Å². The number of allylic oxidation sites excluding steroid dienone is 1. The number of esters is 1. The summed E-state index contributed by atoms with van der Waals surface area (Å²) < 4.78 is 10.1. The maximum atomic E-state index is 10.9. The predicted molar refractivity (Wildman–Crippen MR) is 43.2 cm³/mol. The van der Waals surface area contributed by atoms with Gasteiger partial charge in [0, 0.05) is 6.42 Å². The Hall–Kier alpha value is -0.510. The molecule has 0 N–H and O–H groups in total. The Morgan fingerprint density at radius 3 is 2.91 bits per heavy atom. The SMILES string of the molecule is COC(=O)/C(Br)=C1\CCCO1. The lowest BCUT2D eigenvalue weighted by atomic mass is 10.3. The molecule has 1 heterocycles. The molecular weight excluding hydrogens is 212 g/mol. The van der Waals surface area contributed by atoms with Gasteiger partial charge in [0.1, 0.15) is 10.2 Å².